The van der Waals surface area contributed by atoms with Crippen LogP contribution >= 0.6 is 15.6 Å². The topological polar surface area (TPSA) is 237 Å². The van der Waals surface area contributed by atoms with Gasteiger partial charge in [-0.2, -0.15) is 0 Å². The van der Waals surface area contributed by atoms with Crippen LogP contribution in [0, 0.1) is 0 Å². The van der Waals surface area contributed by atoms with Crippen molar-refractivity contribution in [3.05, 3.63) is 0 Å². The van der Waals surface area contributed by atoms with Gasteiger partial charge in [-0.25, -0.2) is 9.13 Å². The van der Waals surface area contributed by atoms with Gasteiger partial charge in [-0.05, 0) is 25.7 Å². The molecule has 0 aromatic heterocycles. The van der Waals surface area contributed by atoms with Crippen LogP contribution < -0.4 is 0 Å². The quantitative estimate of drug-likeness (QED) is 0.0222. The Morgan fingerprint density at radius 2 is 0.381 bits per heavy atom. The number of rotatable bonds is 87. The average Bonchev–Trinajstić information content (AvgIpc) is 0.905. The molecule has 3 N–H and O–H groups in total. The van der Waals surface area contributed by atoms with Gasteiger partial charge in [0.05, 0.1) is 26.4 Å². The lowest BCUT2D eigenvalue weighted by molar-refractivity contribution is -0.161. The Morgan fingerprint density at radius 1 is 0.229 bits per heavy atom. The van der Waals surface area contributed by atoms with E-state index in [0.717, 1.165) is 96.3 Å². The number of phosphoric acid groups is 2. The van der Waals surface area contributed by atoms with Gasteiger partial charge in [0.2, 0.25) is 0 Å². The number of hydrogen-bond acceptors (Lipinski definition) is 15. The van der Waals surface area contributed by atoms with E-state index in [1.807, 2.05) is 0 Å². The molecule has 19 heteroatoms. The highest BCUT2D eigenvalue weighted by molar-refractivity contribution is 7.47. The van der Waals surface area contributed by atoms with Crippen molar-refractivity contribution in [2.75, 3.05) is 39.6 Å². The number of aliphatic hydroxyl groups excluding tert-OH is 1. The molecule has 0 radical (unpaired) electrons. The van der Waals surface area contributed by atoms with E-state index in [4.69, 9.17) is 37.0 Å². The SMILES string of the molecule is CCCCCCCCCCCCCCCCCCCCCCCCC(=O)O[C@H](COC(=O)CCCCCCCCCCCCCCCCCCCCCCC)COP(=O)(O)OC[C@@H](O)COP(=O)(O)OC[C@@H](COC(=O)CCCCCCC)OC(=O)CCCCCCCCCCCCCCCCCCC. The first-order valence-electron chi connectivity index (χ1n) is 44.8. The van der Waals surface area contributed by atoms with Crippen LogP contribution in [-0.4, -0.2) is 96.7 Å². The highest BCUT2D eigenvalue weighted by Gasteiger charge is 2.30. The summed E-state index contributed by atoms with van der Waals surface area (Å²) in [6, 6.07) is 0. The number of phosphoric ester groups is 2. The Labute approximate surface area is 645 Å². The van der Waals surface area contributed by atoms with E-state index in [9.17, 15) is 43.2 Å². The molecule has 0 heterocycles. The summed E-state index contributed by atoms with van der Waals surface area (Å²) in [4.78, 5) is 72.9. The number of unbranched alkanes of at least 4 members (excludes halogenated alkanes) is 61. The van der Waals surface area contributed by atoms with Crippen molar-refractivity contribution in [1.82, 2.24) is 0 Å². The first-order chi connectivity index (χ1) is 51.2. The molecule has 5 atom stereocenters. The fraction of sp³-hybridized carbons (Fsp3) is 0.953. The van der Waals surface area contributed by atoms with Crippen molar-refractivity contribution in [3.8, 4) is 0 Å². The minimum Gasteiger partial charge on any atom is -0.462 e. The van der Waals surface area contributed by atoms with Crippen molar-refractivity contribution in [1.29, 1.82) is 0 Å². The number of ether oxygens (including phenoxy) is 4. The van der Waals surface area contributed by atoms with Crippen LogP contribution in [0.25, 0.3) is 0 Å². The Hall–Kier alpha value is -1.94. The molecular formula is C86H168O17P2. The molecule has 624 valence electrons. The third-order valence-electron chi connectivity index (χ3n) is 20.4. The van der Waals surface area contributed by atoms with Gasteiger partial charge >= 0.3 is 39.5 Å². The standard InChI is InChI=1S/C86H168O17P2/c1-5-9-13-17-20-23-26-29-32-35-37-39-41-43-46-49-52-55-58-61-65-69-73-86(91)103-82(77-97-84(89)71-67-63-59-56-53-50-47-45-42-40-38-36-33-30-27-24-21-18-14-10-6-2)79-101-105(94,95)99-75-80(87)74-98-104(92,93)100-78-81(76-96-83(88)70-66-62-16-12-8-4)102-85(90)72-68-64-60-57-54-51-48-44-34-31-28-25-22-19-15-11-7-3/h80-82,87H,5-79H2,1-4H3,(H,92,93)(H,94,95)/t80-,81+,82+/m0/s1. The van der Waals surface area contributed by atoms with Gasteiger partial charge in [0.25, 0.3) is 0 Å². The van der Waals surface area contributed by atoms with E-state index in [0.29, 0.717) is 25.7 Å². The molecule has 0 aliphatic carbocycles. The smallest absolute Gasteiger partial charge is 0.462 e. The van der Waals surface area contributed by atoms with Gasteiger partial charge in [0, 0.05) is 25.7 Å². The normalized spacial score (nSPS) is 13.7. The van der Waals surface area contributed by atoms with Crippen molar-refractivity contribution in [3.63, 3.8) is 0 Å². The molecule has 2 unspecified atom stereocenters. The van der Waals surface area contributed by atoms with Crippen LogP contribution in [0.15, 0.2) is 0 Å². The predicted molar refractivity (Wildman–Crippen MR) is 432 cm³/mol. The summed E-state index contributed by atoms with van der Waals surface area (Å²) in [6.07, 6.45) is 75.7. The molecule has 0 saturated carbocycles. The monoisotopic (exact) mass is 1540 g/mol. The number of esters is 4. The Balaban J connectivity index is 5.09. The van der Waals surface area contributed by atoms with E-state index in [1.54, 1.807) is 0 Å². The summed E-state index contributed by atoms with van der Waals surface area (Å²) in [5.41, 5.74) is 0. The van der Waals surface area contributed by atoms with Gasteiger partial charge in [0.1, 0.15) is 19.3 Å². The maximum Gasteiger partial charge on any atom is 0.472 e. The Morgan fingerprint density at radius 3 is 0.562 bits per heavy atom. The highest BCUT2D eigenvalue weighted by atomic mass is 31.2. The van der Waals surface area contributed by atoms with E-state index in [2.05, 4.69) is 27.7 Å². The number of carbonyl (C=O) groups excluding carboxylic acids is 4. The largest absolute Gasteiger partial charge is 0.472 e. The maximum atomic E-state index is 13.1. The maximum absolute atomic E-state index is 13.1. The second kappa shape index (κ2) is 80.1. The van der Waals surface area contributed by atoms with E-state index in [1.165, 1.54) is 295 Å². The molecule has 0 amide bonds. The van der Waals surface area contributed by atoms with Gasteiger partial charge in [-0.1, -0.05) is 419 Å². The van der Waals surface area contributed by atoms with Crippen LogP contribution in [0.3, 0.4) is 0 Å². The summed E-state index contributed by atoms with van der Waals surface area (Å²) >= 11 is 0. The fourth-order valence-corrected chi connectivity index (χ4v) is 15.1. The van der Waals surface area contributed by atoms with Gasteiger partial charge < -0.3 is 33.8 Å². The summed E-state index contributed by atoms with van der Waals surface area (Å²) in [5.74, 6) is -2.11. The highest BCUT2D eigenvalue weighted by Crippen LogP contribution is 2.45. The molecule has 0 rings (SSSR count). The lowest BCUT2D eigenvalue weighted by Crippen LogP contribution is -2.30. The zero-order valence-electron chi connectivity index (χ0n) is 68.7. The Kier molecular flexibility index (Phi) is 78.6. The number of carbonyl (C=O) groups is 4. The van der Waals surface area contributed by atoms with Crippen LogP contribution in [0.1, 0.15) is 471 Å². The van der Waals surface area contributed by atoms with Crippen LogP contribution in [-0.2, 0) is 65.4 Å². The molecule has 0 spiro atoms. The molecule has 0 aliphatic heterocycles. The van der Waals surface area contributed by atoms with Gasteiger partial charge in [0.15, 0.2) is 12.2 Å². The van der Waals surface area contributed by atoms with E-state index >= 15 is 0 Å². The molecule has 0 saturated heterocycles. The number of aliphatic hydroxyl groups is 1. The molecule has 0 bridgehead atoms. The predicted octanol–water partition coefficient (Wildman–Crippen LogP) is 26.5. The minimum atomic E-state index is -4.96. The molecule has 105 heavy (non-hydrogen) atoms. The summed E-state index contributed by atoms with van der Waals surface area (Å²) in [5, 5.41) is 10.6. The molecule has 0 aromatic carbocycles. The van der Waals surface area contributed by atoms with Gasteiger partial charge in [-0.3, -0.25) is 37.3 Å². The fourth-order valence-electron chi connectivity index (χ4n) is 13.5. The van der Waals surface area contributed by atoms with Crippen LogP contribution in [0.4, 0.5) is 0 Å². The minimum absolute atomic E-state index is 0.108. The van der Waals surface area contributed by atoms with Crippen molar-refractivity contribution in [2.45, 2.75) is 489 Å². The molecular weight excluding hydrogens is 1370 g/mol. The second-order valence-corrected chi connectivity index (χ2v) is 33.8. The van der Waals surface area contributed by atoms with Crippen LogP contribution in [0.5, 0.6) is 0 Å². The van der Waals surface area contributed by atoms with E-state index in [-0.39, 0.29) is 25.7 Å². The van der Waals surface area contributed by atoms with Crippen LogP contribution in [0.2, 0.25) is 0 Å². The number of hydrogen-bond donors (Lipinski definition) is 3. The zero-order chi connectivity index (χ0) is 76.7. The lowest BCUT2D eigenvalue weighted by atomic mass is 10.0. The van der Waals surface area contributed by atoms with Crippen molar-refractivity contribution >= 4 is 39.5 Å². The Bertz CT molecular complexity index is 1980. The van der Waals surface area contributed by atoms with Gasteiger partial charge in [-0.15, -0.1) is 0 Å². The van der Waals surface area contributed by atoms with Crippen molar-refractivity contribution < 1.29 is 80.2 Å². The molecule has 0 aliphatic rings. The molecule has 17 nitrogen and oxygen atoms in total. The second-order valence-electron chi connectivity index (χ2n) is 30.9. The third-order valence-corrected chi connectivity index (χ3v) is 22.3. The molecule has 0 fully saturated rings. The average molecular weight is 1540 g/mol. The zero-order valence-corrected chi connectivity index (χ0v) is 70.5. The van der Waals surface area contributed by atoms with Crippen molar-refractivity contribution in [2.24, 2.45) is 0 Å². The first kappa shape index (κ1) is 103. The first-order valence-corrected chi connectivity index (χ1v) is 47.8. The molecule has 0 aromatic rings. The summed E-state index contributed by atoms with van der Waals surface area (Å²) in [7, 11) is -9.91. The third kappa shape index (κ3) is 79.9. The summed E-state index contributed by atoms with van der Waals surface area (Å²) < 4.78 is 68.6. The lowest BCUT2D eigenvalue weighted by Gasteiger charge is -2.21. The van der Waals surface area contributed by atoms with E-state index < -0.39 is 97.5 Å². The summed E-state index contributed by atoms with van der Waals surface area (Å²) in [6.45, 7) is 4.96.